The second kappa shape index (κ2) is 3.82. The van der Waals surface area contributed by atoms with Gasteiger partial charge in [-0.25, -0.2) is 9.78 Å². The highest BCUT2D eigenvalue weighted by Gasteiger charge is 2.16. The lowest BCUT2D eigenvalue weighted by Gasteiger charge is -2.05. The molecular formula is C8H9N3O3. The molecule has 0 saturated heterocycles. The number of nitrogens with two attached hydrogens (primary N) is 1. The average Bonchev–Trinajstić information content (AvgIpc) is 2.01. The molecule has 1 aromatic heterocycles. The first kappa shape index (κ1) is 10.1. The maximum Gasteiger partial charge on any atom is 0.371 e. The summed E-state index contributed by atoms with van der Waals surface area (Å²) in [4.78, 5) is 28.8. The molecule has 0 aliphatic rings. The van der Waals surface area contributed by atoms with Crippen LogP contribution in [0.2, 0.25) is 0 Å². The van der Waals surface area contributed by atoms with E-state index >= 15 is 0 Å². The smallest absolute Gasteiger partial charge is 0.371 e. The minimum atomic E-state index is -0.817. The Bertz CT molecular complexity index is 366. The molecule has 2 N–H and O–H groups in total. The Morgan fingerprint density at radius 3 is 2.71 bits per heavy atom. The van der Waals surface area contributed by atoms with E-state index in [0.29, 0.717) is 17.1 Å². The van der Waals surface area contributed by atoms with Crippen LogP contribution in [0.1, 0.15) is 21.6 Å². The maximum absolute atomic E-state index is 11.2. The van der Waals surface area contributed by atoms with Gasteiger partial charge in [0.15, 0.2) is 5.34 Å². The lowest BCUT2D eigenvalue weighted by Crippen LogP contribution is -2.08. The summed E-state index contributed by atoms with van der Waals surface area (Å²) in [6.45, 7) is 3.27. The molecule has 6 nitrogen and oxygen atoms in total. The van der Waals surface area contributed by atoms with Crippen LogP contribution in [0.5, 0.6) is 0 Å². The fourth-order valence-corrected chi connectivity index (χ4v) is 1.25. The zero-order valence-corrected chi connectivity index (χ0v) is 7.77. The van der Waals surface area contributed by atoms with E-state index in [1.165, 1.54) is 6.07 Å². The summed E-state index contributed by atoms with van der Waals surface area (Å²) in [6, 6.07) is 1.52. The second-order valence-electron chi connectivity index (χ2n) is 2.78. The van der Waals surface area contributed by atoms with Crippen LogP contribution in [-0.2, 0) is 4.84 Å². The number of nitrogen functional groups attached to an aromatic ring is 1. The first-order chi connectivity index (χ1) is 6.56. The topological polar surface area (TPSA) is 94.6 Å². The van der Waals surface area contributed by atoms with Crippen molar-refractivity contribution in [2.75, 3.05) is 5.73 Å². The van der Waals surface area contributed by atoms with Crippen molar-refractivity contribution in [3.63, 3.8) is 0 Å². The van der Waals surface area contributed by atoms with Crippen molar-refractivity contribution in [1.29, 1.82) is 0 Å². The number of hydrogen-bond acceptors (Lipinski definition) is 6. The molecule has 6 heteroatoms. The molecule has 0 unspecified atom stereocenters. The Labute approximate surface area is 80.0 Å². The molecule has 0 bridgehead atoms. The van der Waals surface area contributed by atoms with E-state index in [2.05, 4.69) is 15.2 Å². The van der Waals surface area contributed by atoms with Gasteiger partial charge >= 0.3 is 5.97 Å². The van der Waals surface area contributed by atoms with Crippen LogP contribution in [0.4, 0.5) is 5.82 Å². The molecule has 0 aliphatic carbocycles. The van der Waals surface area contributed by atoms with Crippen molar-refractivity contribution in [1.82, 2.24) is 4.98 Å². The monoisotopic (exact) mass is 195 g/mol. The molecular weight excluding hydrogens is 186 g/mol. The van der Waals surface area contributed by atoms with Gasteiger partial charge in [0.1, 0.15) is 5.82 Å². The summed E-state index contributed by atoms with van der Waals surface area (Å²) in [5, 5.41) is 2.06. The molecule has 1 heterocycles. The van der Waals surface area contributed by atoms with E-state index in [1.807, 2.05) is 0 Å². The predicted molar refractivity (Wildman–Crippen MR) is 49.3 cm³/mol. The highest BCUT2D eigenvalue weighted by atomic mass is 16.7. The highest BCUT2D eigenvalue weighted by molar-refractivity contribution is 5.92. The molecule has 74 valence electrons. The van der Waals surface area contributed by atoms with Gasteiger partial charge in [0.05, 0.1) is 11.3 Å². The maximum atomic E-state index is 11.2. The molecule has 0 fully saturated rings. The third-order valence-corrected chi connectivity index (χ3v) is 1.74. The molecule has 0 spiro atoms. The zero-order chi connectivity index (χ0) is 10.7. The standard InChI is InChI=1S/C8H9N3O3/c1-4-3-6(9)10-5(2)7(4)8(12)14-11-13/h3H,1-2H3,(H2,9,10). The van der Waals surface area contributed by atoms with Gasteiger partial charge in [0, 0.05) is 0 Å². The van der Waals surface area contributed by atoms with Crippen molar-refractivity contribution in [3.8, 4) is 0 Å². The van der Waals surface area contributed by atoms with Gasteiger partial charge in [-0.1, -0.05) is 0 Å². The van der Waals surface area contributed by atoms with Gasteiger partial charge in [0.25, 0.3) is 0 Å². The number of carbonyl (C=O) groups is 1. The van der Waals surface area contributed by atoms with E-state index in [9.17, 15) is 9.70 Å². The van der Waals surface area contributed by atoms with Gasteiger partial charge in [-0.3, -0.25) is 4.84 Å². The van der Waals surface area contributed by atoms with Crippen LogP contribution >= 0.6 is 0 Å². The molecule has 14 heavy (non-hydrogen) atoms. The molecule has 1 rings (SSSR count). The lowest BCUT2D eigenvalue weighted by atomic mass is 10.1. The van der Waals surface area contributed by atoms with E-state index in [-0.39, 0.29) is 5.56 Å². The lowest BCUT2D eigenvalue weighted by molar-refractivity contribution is 0.0506. The minimum absolute atomic E-state index is 0.221. The van der Waals surface area contributed by atoms with Gasteiger partial charge in [-0.2, -0.15) is 0 Å². The number of rotatable bonds is 2. The van der Waals surface area contributed by atoms with Crippen LogP contribution in [-0.4, -0.2) is 11.0 Å². The van der Waals surface area contributed by atoms with Crippen LogP contribution in [0, 0.1) is 18.8 Å². The number of pyridine rings is 1. The number of aromatic nitrogens is 1. The normalized spacial score (nSPS) is 9.57. The van der Waals surface area contributed by atoms with E-state index in [0.717, 1.165) is 0 Å². The van der Waals surface area contributed by atoms with Crippen molar-refractivity contribution in [2.24, 2.45) is 5.34 Å². The van der Waals surface area contributed by atoms with E-state index in [4.69, 9.17) is 5.73 Å². The summed E-state index contributed by atoms with van der Waals surface area (Å²) in [7, 11) is 0. The first-order valence-electron chi connectivity index (χ1n) is 3.84. The van der Waals surface area contributed by atoms with Crippen LogP contribution in [0.15, 0.2) is 11.4 Å². The minimum Gasteiger partial charge on any atom is -0.384 e. The number of anilines is 1. The molecule has 0 saturated carbocycles. The molecule has 0 atom stereocenters. The van der Waals surface area contributed by atoms with Crippen molar-refractivity contribution >= 4 is 11.8 Å². The molecule has 0 aliphatic heterocycles. The quantitative estimate of drug-likeness (QED) is 0.563. The number of hydrogen-bond donors (Lipinski definition) is 1. The van der Waals surface area contributed by atoms with Crippen molar-refractivity contribution in [3.05, 3.63) is 27.8 Å². The first-order valence-corrected chi connectivity index (χ1v) is 3.84. The Morgan fingerprint density at radius 1 is 1.57 bits per heavy atom. The van der Waals surface area contributed by atoms with Gasteiger partial charge in [-0.15, -0.1) is 4.91 Å². The van der Waals surface area contributed by atoms with Gasteiger partial charge in [-0.05, 0) is 25.5 Å². The Morgan fingerprint density at radius 2 is 2.21 bits per heavy atom. The van der Waals surface area contributed by atoms with Crippen molar-refractivity contribution < 1.29 is 9.63 Å². The van der Waals surface area contributed by atoms with Crippen LogP contribution in [0.3, 0.4) is 0 Å². The summed E-state index contributed by atoms with van der Waals surface area (Å²) in [5.41, 5.74) is 6.69. The number of aryl methyl sites for hydroxylation is 2. The largest absolute Gasteiger partial charge is 0.384 e. The second-order valence-corrected chi connectivity index (χ2v) is 2.78. The third kappa shape index (κ3) is 1.85. The Balaban J connectivity index is 3.20. The SMILES string of the molecule is Cc1cc(N)nc(C)c1C(=O)ON=O. The van der Waals surface area contributed by atoms with E-state index in [1.54, 1.807) is 13.8 Å². The fourth-order valence-electron chi connectivity index (χ4n) is 1.25. The van der Waals surface area contributed by atoms with E-state index < -0.39 is 5.97 Å². The fraction of sp³-hybridized carbons (Fsp3) is 0.250. The number of nitrogens with zero attached hydrogens (tertiary/aromatic N) is 2. The summed E-state index contributed by atoms with van der Waals surface area (Å²) in [6.07, 6.45) is 0. The molecule has 0 amide bonds. The zero-order valence-electron chi connectivity index (χ0n) is 7.77. The van der Waals surface area contributed by atoms with Crippen LogP contribution in [0.25, 0.3) is 0 Å². The Kier molecular flexibility index (Phi) is 2.76. The van der Waals surface area contributed by atoms with Gasteiger partial charge < -0.3 is 5.73 Å². The van der Waals surface area contributed by atoms with Gasteiger partial charge in [0.2, 0.25) is 0 Å². The summed E-state index contributed by atoms with van der Waals surface area (Å²) in [5.74, 6) is -0.502. The van der Waals surface area contributed by atoms with Crippen molar-refractivity contribution in [2.45, 2.75) is 13.8 Å². The average molecular weight is 195 g/mol. The molecule has 0 aromatic carbocycles. The molecule has 1 aromatic rings. The highest BCUT2D eigenvalue weighted by Crippen LogP contribution is 2.15. The number of carbonyl (C=O) groups excluding carboxylic acids is 1. The summed E-state index contributed by atoms with van der Waals surface area (Å²) >= 11 is 0. The summed E-state index contributed by atoms with van der Waals surface area (Å²) < 4.78 is 0. The van der Waals surface area contributed by atoms with Crippen LogP contribution < -0.4 is 5.73 Å². The Hall–Kier alpha value is -1.98. The predicted octanol–water partition coefficient (Wildman–Crippen LogP) is 1.12. The third-order valence-electron chi connectivity index (χ3n) is 1.74. The molecule has 0 radical (unpaired) electrons.